The molecule has 0 aliphatic heterocycles. The zero-order chi connectivity index (χ0) is 18.5. The number of aromatic nitrogens is 1. The van der Waals surface area contributed by atoms with Crippen LogP contribution < -0.4 is 16.2 Å². The predicted octanol–water partition coefficient (Wildman–Crippen LogP) is 3.82. The third-order valence-corrected chi connectivity index (χ3v) is 4.00. The van der Waals surface area contributed by atoms with E-state index in [2.05, 4.69) is 4.98 Å². The van der Waals surface area contributed by atoms with Crippen molar-refractivity contribution in [2.75, 3.05) is 7.11 Å². The first-order valence-corrected chi connectivity index (χ1v) is 8.18. The summed E-state index contributed by atoms with van der Waals surface area (Å²) in [5.74, 6) is 1.13. The van der Waals surface area contributed by atoms with Gasteiger partial charge < -0.3 is 20.6 Å². The van der Waals surface area contributed by atoms with Gasteiger partial charge in [-0.15, -0.1) is 0 Å². The van der Waals surface area contributed by atoms with Gasteiger partial charge in [0.15, 0.2) is 0 Å². The summed E-state index contributed by atoms with van der Waals surface area (Å²) < 4.78 is 11.0. The van der Waals surface area contributed by atoms with Crippen molar-refractivity contribution in [1.82, 2.24) is 4.98 Å². The number of allylic oxidation sites excluding steroid dienone is 2. The standard InChI is InChI=1S/C21H21N3O2/c1-14-13-26-21(24-14)19(18(12-22)15-7-4-3-5-8-15)20(23)16-9-6-10-17(11-16)25-2/h3-13H,22-23H2,1-2H3/b18-12-,20-19+. The van der Waals surface area contributed by atoms with Gasteiger partial charge >= 0.3 is 0 Å². The van der Waals surface area contributed by atoms with Crippen LogP contribution in [0.1, 0.15) is 22.7 Å². The molecule has 2 aromatic carbocycles. The Kier molecular flexibility index (Phi) is 5.08. The van der Waals surface area contributed by atoms with E-state index in [9.17, 15) is 0 Å². The summed E-state index contributed by atoms with van der Waals surface area (Å²) in [6.07, 6.45) is 3.12. The fourth-order valence-corrected chi connectivity index (χ4v) is 2.72. The van der Waals surface area contributed by atoms with Gasteiger partial charge in [0.25, 0.3) is 0 Å². The summed E-state index contributed by atoms with van der Waals surface area (Å²) >= 11 is 0. The lowest BCUT2D eigenvalue weighted by molar-refractivity contribution is 0.414. The molecule has 1 aromatic heterocycles. The Morgan fingerprint density at radius 1 is 1.08 bits per heavy atom. The second-order valence-electron chi connectivity index (χ2n) is 5.76. The van der Waals surface area contributed by atoms with Crippen LogP contribution in [0, 0.1) is 6.92 Å². The van der Waals surface area contributed by atoms with Crippen LogP contribution in [0.15, 0.2) is 71.5 Å². The molecule has 5 heteroatoms. The van der Waals surface area contributed by atoms with Gasteiger partial charge in [-0.3, -0.25) is 0 Å². The Morgan fingerprint density at radius 3 is 2.42 bits per heavy atom. The number of nitrogens with zero attached hydrogens (tertiary/aromatic N) is 1. The molecule has 5 nitrogen and oxygen atoms in total. The number of hydrogen-bond acceptors (Lipinski definition) is 5. The van der Waals surface area contributed by atoms with Crippen molar-refractivity contribution in [1.29, 1.82) is 0 Å². The van der Waals surface area contributed by atoms with Crippen molar-refractivity contribution < 1.29 is 9.15 Å². The number of ether oxygens (including phenoxy) is 1. The molecule has 0 amide bonds. The van der Waals surface area contributed by atoms with Crippen molar-refractivity contribution in [2.45, 2.75) is 6.92 Å². The van der Waals surface area contributed by atoms with Crippen LogP contribution in [-0.4, -0.2) is 12.1 Å². The number of benzene rings is 2. The van der Waals surface area contributed by atoms with Gasteiger partial charge in [-0.2, -0.15) is 0 Å². The minimum atomic E-state index is 0.420. The number of methoxy groups -OCH3 is 1. The maximum absolute atomic E-state index is 6.55. The Hall–Kier alpha value is -3.47. The molecule has 0 fully saturated rings. The van der Waals surface area contributed by atoms with E-state index >= 15 is 0 Å². The zero-order valence-electron chi connectivity index (χ0n) is 14.8. The number of oxazole rings is 1. The number of nitrogens with two attached hydrogens (primary N) is 2. The summed E-state index contributed by atoms with van der Waals surface area (Å²) in [7, 11) is 1.62. The fraction of sp³-hybridized carbons (Fsp3) is 0.0952. The third kappa shape index (κ3) is 3.47. The van der Waals surface area contributed by atoms with Crippen LogP contribution in [0.5, 0.6) is 5.75 Å². The molecule has 0 unspecified atom stereocenters. The average molecular weight is 347 g/mol. The molecular weight excluding hydrogens is 326 g/mol. The molecule has 0 radical (unpaired) electrons. The van der Waals surface area contributed by atoms with Crippen molar-refractivity contribution in [3.8, 4) is 5.75 Å². The van der Waals surface area contributed by atoms with Crippen molar-refractivity contribution in [3.63, 3.8) is 0 Å². The van der Waals surface area contributed by atoms with Crippen molar-refractivity contribution >= 4 is 16.8 Å². The minimum absolute atomic E-state index is 0.420. The van der Waals surface area contributed by atoms with Gasteiger partial charge in [0.1, 0.15) is 12.0 Å². The monoisotopic (exact) mass is 347 g/mol. The van der Waals surface area contributed by atoms with E-state index < -0.39 is 0 Å². The van der Waals surface area contributed by atoms with Gasteiger partial charge in [0, 0.05) is 17.3 Å². The second kappa shape index (κ2) is 7.61. The van der Waals surface area contributed by atoms with E-state index in [0.29, 0.717) is 22.9 Å². The second-order valence-corrected chi connectivity index (χ2v) is 5.76. The minimum Gasteiger partial charge on any atom is -0.497 e. The van der Waals surface area contributed by atoms with E-state index in [4.69, 9.17) is 20.6 Å². The molecule has 0 atom stereocenters. The molecular formula is C21H21N3O2. The topological polar surface area (TPSA) is 87.3 Å². The third-order valence-electron chi connectivity index (χ3n) is 4.00. The summed E-state index contributed by atoms with van der Waals surface area (Å²) in [6.45, 7) is 1.86. The lowest BCUT2D eigenvalue weighted by Gasteiger charge is -2.14. The molecule has 0 aliphatic rings. The first-order valence-electron chi connectivity index (χ1n) is 8.18. The molecule has 4 N–H and O–H groups in total. The summed E-state index contributed by atoms with van der Waals surface area (Å²) in [6, 6.07) is 17.3. The van der Waals surface area contributed by atoms with Crippen LogP contribution in [0.4, 0.5) is 0 Å². The van der Waals surface area contributed by atoms with Crippen LogP contribution >= 0.6 is 0 Å². The Bertz CT molecular complexity index is 956. The molecule has 0 saturated heterocycles. The molecule has 3 aromatic rings. The van der Waals surface area contributed by atoms with Gasteiger partial charge in [-0.1, -0.05) is 42.5 Å². The molecule has 0 aliphatic carbocycles. The largest absolute Gasteiger partial charge is 0.497 e. The Labute approximate surface area is 152 Å². The van der Waals surface area contributed by atoms with Gasteiger partial charge in [0.2, 0.25) is 5.89 Å². The maximum atomic E-state index is 6.55. The highest BCUT2D eigenvalue weighted by atomic mass is 16.5. The number of hydrogen-bond donors (Lipinski definition) is 2. The number of aryl methyl sites for hydroxylation is 1. The highest BCUT2D eigenvalue weighted by Crippen LogP contribution is 2.35. The summed E-state index contributed by atoms with van der Waals surface area (Å²) in [4.78, 5) is 4.46. The van der Waals surface area contributed by atoms with E-state index in [1.165, 1.54) is 6.20 Å². The maximum Gasteiger partial charge on any atom is 0.228 e. The molecule has 0 spiro atoms. The Morgan fingerprint density at radius 2 is 1.81 bits per heavy atom. The normalized spacial score (nSPS) is 12.6. The van der Waals surface area contributed by atoms with E-state index in [1.54, 1.807) is 13.4 Å². The van der Waals surface area contributed by atoms with Gasteiger partial charge in [0.05, 0.1) is 24.1 Å². The summed E-state index contributed by atoms with van der Waals surface area (Å²) in [5.41, 5.74) is 16.9. The van der Waals surface area contributed by atoms with E-state index in [0.717, 1.165) is 22.4 Å². The average Bonchev–Trinajstić information content (AvgIpc) is 3.12. The smallest absolute Gasteiger partial charge is 0.228 e. The van der Waals surface area contributed by atoms with Crippen LogP contribution in [0.25, 0.3) is 16.8 Å². The molecule has 26 heavy (non-hydrogen) atoms. The highest BCUT2D eigenvalue weighted by Gasteiger charge is 2.20. The van der Waals surface area contributed by atoms with Crippen molar-refractivity contribution in [3.05, 3.63) is 89.8 Å². The molecule has 0 saturated carbocycles. The van der Waals surface area contributed by atoms with Crippen LogP contribution in [0.3, 0.4) is 0 Å². The first kappa shape index (κ1) is 17.4. The molecule has 3 rings (SSSR count). The lowest BCUT2D eigenvalue weighted by atomic mass is 9.94. The number of rotatable bonds is 5. The van der Waals surface area contributed by atoms with Gasteiger partial charge in [-0.25, -0.2) is 4.98 Å². The lowest BCUT2D eigenvalue weighted by Crippen LogP contribution is -2.05. The SMILES string of the molecule is COc1cccc(/C(N)=C(/C(=C\N)c2ccccc2)c2nc(C)co2)c1. The quantitative estimate of drug-likeness (QED) is 0.685. The Balaban J connectivity index is 2.23. The van der Waals surface area contributed by atoms with Crippen molar-refractivity contribution in [2.24, 2.45) is 11.5 Å². The fourth-order valence-electron chi connectivity index (χ4n) is 2.72. The van der Waals surface area contributed by atoms with E-state index in [1.807, 2.05) is 61.5 Å². The van der Waals surface area contributed by atoms with Crippen LogP contribution in [-0.2, 0) is 0 Å². The molecule has 1 heterocycles. The predicted molar refractivity (Wildman–Crippen MR) is 104 cm³/mol. The highest BCUT2D eigenvalue weighted by molar-refractivity contribution is 6.12. The molecule has 0 bridgehead atoms. The van der Waals surface area contributed by atoms with Crippen LogP contribution in [0.2, 0.25) is 0 Å². The molecule has 132 valence electrons. The van der Waals surface area contributed by atoms with E-state index in [-0.39, 0.29) is 0 Å². The first-order chi connectivity index (χ1) is 12.6. The zero-order valence-corrected chi connectivity index (χ0v) is 14.8. The van der Waals surface area contributed by atoms with Gasteiger partial charge in [-0.05, 0) is 24.6 Å². The summed E-state index contributed by atoms with van der Waals surface area (Å²) in [5, 5.41) is 0.